The largest absolute Gasteiger partial charge is 0.481 e. The molecule has 0 amide bonds. The highest BCUT2D eigenvalue weighted by molar-refractivity contribution is 6.31. The molecule has 0 saturated carbocycles. The van der Waals surface area contributed by atoms with E-state index in [1.165, 1.54) is 18.2 Å². The van der Waals surface area contributed by atoms with Crippen LogP contribution in [-0.2, 0) is 14.3 Å². The number of ether oxygens (including phenoxy) is 1. The number of hydrogen-bond acceptors (Lipinski definition) is 3. The van der Waals surface area contributed by atoms with Gasteiger partial charge in [0.1, 0.15) is 0 Å². The molecule has 0 aliphatic heterocycles. The maximum absolute atomic E-state index is 11.5. The summed E-state index contributed by atoms with van der Waals surface area (Å²) >= 11 is 10.9. The molecule has 0 aliphatic carbocycles. The summed E-state index contributed by atoms with van der Waals surface area (Å²) in [4.78, 5) is 22.1. The molecule has 6 heteroatoms. The molecule has 0 bridgehead atoms. The lowest BCUT2D eigenvalue weighted by Crippen LogP contribution is -2.17. The average Bonchev–Trinajstić information content (AvgIpc) is 2.22. The quantitative estimate of drug-likeness (QED) is 0.444. The fourth-order valence-electron chi connectivity index (χ4n) is 0.901. The van der Waals surface area contributed by atoms with Crippen molar-refractivity contribution in [3.05, 3.63) is 47.7 Å². The van der Waals surface area contributed by atoms with Crippen molar-refractivity contribution in [3.63, 3.8) is 0 Å². The number of carboxylic acid groups (broad SMARTS) is 1. The number of esters is 1. The summed E-state index contributed by atoms with van der Waals surface area (Å²) in [5.41, 5.74) is 0. The minimum atomic E-state index is -1.13. The van der Waals surface area contributed by atoms with Crippen LogP contribution in [0.15, 0.2) is 47.7 Å². The van der Waals surface area contributed by atoms with Crippen LogP contribution in [-0.4, -0.2) is 17.0 Å². The zero-order chi connectivity index (χ0) is 14.1. The van der Waals surface area contributed by atoms with Crippen LogP contribution >= 0.6 is 23.2 Å². The van der Waals surface area contributed by atoms with Crippen molar-refractivity contribution in [2.45, 2.75) is 6.42 Å². The summed E-state index contributed by atoms with van der Waals surface area (Å²) in [5.74, 6) is -2.82. The standard InChI is InChI=1S/C12H12Cl2O4/c1-8(13)3-4-10(7-11(15)16)12(17)18-6-5-9(2)14/h3-6,10H,1-2,7H2,(H,15,16). The van der Waals surface area contributed by atoms with Gasteiger partial charge in [0.2, 0.25) is 0 Å². The lowest BCUT2D eigenvalue weighted by Gasteiger charge is -2.07. The van der Waals surface area contributed by atoms with E-state index in [4.69, 9.17) is 33.0 Å². The summed E-state index contributed by atoms with van der Waals surface area (Å²) in [6.07, 6.45) is 4.54. The normalized spacial score (nSPS) is 12.6. The highest BCUT2D eigenvalue weighted by Crippen LogP contribution is 2.11. The van der Waals surface area contributed by atoms with Gasteiger partial charge >= 0.3 is 11.9 Å². The number of rotatable bonds is 7. The van der Waals surface area contributed by atoms with Crippen LogP contribution in [0.1, 0.15) is 6.42 Å². The molecular formula is C12H12Cl2O4. The van der Waals surface area contributed by atoms with Gasteiger partial charge in [-0.3, -0.25) is 9.59 Å². The summed E-state index contributed by atoms with van der Waals surface area (Å²) in [6, 6.07) is 0. The SMILES string of the molecule is C=C(Cl)C=COC(=O)C(C=CC(=C)Cl)CC(=O)O. The zero-order valence-corrected chi connectivity index (χ0v) is 10.9. The van der Waals surface area contributed by atoms with E-state index < -0.39 is 24.3 Å². The second-order valence-electron chi connectivity index (χ2n) is 3.20. The Labute approximate surface area is 115 Å². The first-order chi connectivity index (χ1) is 8.32. The average molecular weight is 291 g/mol. The lowest BCUT2D eigenvalue weighted by atomic mass is 10.1. The Hall–Kier alpha value is -1.52. The molecule has 0 aliphatic rings. The van der Waals surface area contributed by atoms with E-state index in [1.54, 1.807) is 0 Å². The van der Waals surface area contributed by atoms with Gasteiger partial charge in [0, 0.05) is 10.1 Å². The molecule has 4 nitrogen and oxygen atoms in total. The number of carbonyl (C=O) groups excluding carboxylic acids is 1. The van der Waals surface area contributed by atoms with Gasteiger partial charge in [-0.15, -0.1) is 0 Å². The van der Waals surface area contributed by atoms with Crippen LogP contribution < -0.4 is 0 Å². The van der Waals surface area contributed by atoms with Crippen LogP contribution in [0.5, 0.6) is 0 Å². The molecule has 1 N–H and O–H groups in total. The monoisotopic (exact) mass is 290 g/mol. The van der Waals surface area contributed by atoms with Gasteiger partial charge in [-0.25, -0.2) is 0 Å². The van der Waals surface area contributed by atoms with Crippen LogP contribution in [0.25, 0.3) is 0 Å². The number of halogens is 2. The third-order valence-electron chi connectivity index (χ3n) is 1.64. The molecule has 0 rings (SSSR count). The molecule has 0 radical (unpaired) electrons. The van der Waals surface area contributed by atoms with Crippen LogP contribution in [0.3, 0.4) is 0 Å². The molecule has 0 spiro atoms. The first-order valence-corrected chi connectivity index (χ1v) is 5.54. The van der Waals surface area contributed by atoms with Gasteiger partial charge in [-0.2, -0.15) is 0 Å². The number of carbonyl (C=O) groups is 2. The molecule has 0 heterocycles. The Balaban J connectivity index is 4.64. The molecule has 0 aromatic rings. The van der Waals surface area contributed by atoms with Crippen molar-refractivity contribution in [2.24, 2.45) is 5.92 Å². The molecule has 0 fully saturated rings. The van der Waals surface area contributed by atoms with Crippen LogP contribution in [0.4, 0.5) is 0 Å². The smallest absolute Gasteiger partial charge is 0.318 e. The second kappa shape index (κ2) is 8.55. The fraction of sp³-hybridized carbons (Fsp3) is 0.167. The van der Waals surface area contributed by atoms with Gasteiger partial charge in [-0.05, 0) is 12.2 Å². The van der Waals surface area contributed by atoms with Crippen molar-refractivity contribution in [1.29, 1.82) is 0 Å². The Bertz CT molecular complexity index is 410. The molecule has 0 aromatic heterocycles. The second-order valence-corrected chi connectivity index (χ2v) is 4.17. The van der Waals surface area contributed by atoms with E-state index in [2.05, 4.69) is 13.2 Å². The van der Waals surface area contributed by atoms with E-state index in [0.29, 0.717) is 0 Å². The van der Waals surface area contributed by atoms with Gasteiger partial charge in [0.25, 0.3) is 0 Å². The number of carboxylic acids is 1. The van der Waals surface area contributed by atoms with Crippen molar-refractivity contribution in [1.82, 2.24) is 0 Å². The molecule has 18 heavy (non-hydrogen) atoms. The van der Waals surface area contributed by atoms with Gasteiger partial charge in [-0.1, -0.05) is 42.4 Å². The number of allylic oxidation sites excluding steroid dienone is 4. The molecule has 1 atom stereocenters. The maximum Gasteiger partial charge on any atom is 0.318 e. The topological polar surface area (TPSA) is 63.6 Å². The van der Waals surface area contributed by atoms with Gasteiger partial charge in [0.15, 0.2) is 0 Å². The molecule has 0 aromatic carbocycles. The van der Waals surface area contributed by atoms with Gasteiger partial charge < -0.3 is 9.84 Å². The lowest BCUT2D eigenvalue weighted by molar-refractivity contribution is -0.147. The summed E-state index contributed by atoms with van der Waals surface area (Å²) in [5, 5.41) is 9.03. The van der Waals surface area contributed by atoms with Crippen molar-refractivity contribution >= 4 is 35.1 Å². The van der Waals surface area contributed by atoms with Crippen molar-refractivity contribution in [2.75, 3.05) is 0 Å². The summed E-state index contributed by atoms with van der Waals surface area (Å²) < 4.78 is 4.70. The third-order valence-corrected chi connectivity index (χ3v) is 1.89. The Morgan fingerprint density at radius 1 is 1.22 bits per heavy atom. The number of hydrogen-bond donors (Lipinski definition) is 1. The highest BCUT2D eigenvalue weighted by Gasteiger charge is 2.19. The van der Waals surface area contributed by atoms with E-state index in [1.807, 2.05) is 0 Å². The molecular weight excluding hydrogens is 279 g/mol. The van der Waals surface area contributed by atoms with Crippen molar-refractivity contribution in [3.8, 4) is 0 Å². The van der Waals surface area contributed by atoms with Crippen LogP contribution in [0, 0.1) is 5.92 Å². The van der Waals surface area contributed by atoms with E-state index >= 15 is 0 Å². The molecule has 1 unspecified atom stereocenters. The van der Waals surface area contributed by atoms with Crippen LogP contribution in [0.2, 0.25) is 0 Å². The predicted octanol–water partition coefficient (Wildman–Crippen LogP) is 3.20. The maximum atomic E-state index is 11.5. The number of aliphatic carboxylic acids is 1. The zero-order valence-electron chi connectivity index (χ0n) is 9.44. The first kappa shape index (κ1) is 16.5. The minimum Gasteiger partial charge on any atom is -0.481 e. The predicted molar refractivity (Wildman–Crippen MR) is 70.1 cm³/mol. The summed E-state index contributed by atoms with van der Waals surface area (Å²) in [6.45, 7) is 6.74. The fourth-order valence-corrected chi connectivity index (χ4v) is 1.03. The van der Waals surface area contributed by atoms with E-state index in [0.717, 1.165) is 6.26 Å². The van der Waals surface area contributed by atoms with Crippen molar-refractivity contribution < 1.29 is 19.4 Å². The highest BCUT2D eigenvalue weighted by atomic mass is 35.5. The molecule has 0 saturated heterocycles. The third kappa shape index (κ3) is 8.61. The Kier molecular flexibility index (Phi) is 7.83. The van der Waals surface area contributed by atoms with E-state index in [9.17, 15) is 9.59 Å². The Morgan fingerprint density at radius 2 is 1.78 bits per heavy atom. The molecule has 98 valence electrons. The first-order valence-electron chi connectivity index (χ1n) is 4.78. The minimum absolute atomic E-state index is 0.183. The van der Waals surface area contributed by atoms with Gasteiger partial charge in [0.05, 0.1) is 18.6 Å². The Morgan fingerprint density at radius 3 is 2.22 bits per heavy atom. The van der Waals surface area contributed by atoms with E-state index in [-0.39, 0.29) is 10.1 Å². The summed E-state index contributed by atoms with van der Waals surface area (Å²) in [7, 11) is 0.